The Balaban J connectivity index is 0.000000142. The molecule has 0 fully saturated rings. The summed E-state index contributed by atoms with van der Waals surface area (Å²) in [5.74, 6) is 1.27. The van der Waals surface area contributed by atoms with Crippen molar-refractivity contribution in [3.63, 3.8) is 0 Å². The summed E-state index contributed by atoms with van der Waals surface area (Å²) in [5, 5.41) is 2.50. The van der Waals surface area contributed by atoms with Crippen LogP contribution in [0.2, 0.25) is 0 Å². The van der Waals surface area contributed by atoms with Gasteiger partial charge in [-0.25, -0.2) is 0 Å². The minimum absolute atomic E-state index is 0.189. The van der Waals surface area contributed by atoms with Gasteiger partial charge in [-0.15, -0.1) is 0 Å². The highest BCUT2D eigenvalue weighted by atomic mass is 16.5. The second-order valence-electron chi connectivity index (χ2n) is 9.87. The molecule has 4 aromatic heterocycles. The van der Waals surface area contributed by atoms with Gasteiger partial charge in [0.2, 0.25) is 22.4 Å². The lowest BCUT2D eigenvalue weighted by atomic mass is 10.1. The van der Waals surface area contributed by atoms with E-state index in [9.17, 15) is 9.59 Å². The average Bonchev–Trinajstić information content (AvgIpc) is 3.76. The number of rotatable bonds is 4. The van der Waals surface area contributed by atoms with Crippen molar-refractivity contribution < 1.29 is 27.1 Å². The first-order valence-corrected chi connectivity index (χ1v) is 13.7. The fraction of sp³-hybridized carbons (Fsp3) is 0.0556. The predicted octanol–water partition coefficient (Wildman–Crippen LogP) is 8.43. The number of hydrogen-bond acceptors (Lipinski definition) is 8. The molecule has 8 aromatic rings. The normalized spacial score (nSPS) is 11.1. The lowest BCUT2D eigenvalue weighted by molar-refractivity contribution is 0.399. The molecule has 0 aliphatic heterocycles. The molecule has 8 heteroatoms. The van der Waals surface area contributed by atoms with Crippen molar-refractivity contribution in [3.8, 4) is 34.1 Å². The smallest absolute Gasteiger partial charge is 0.235 e. The van der Waals surface area contributed by atoms with Crippen LogP contribution < -0.4 is 20.3 Å². The molecule has 0 amide bonds. The number of hydrogen-bond donors (Lipinski definition) is 0. The van der Waals surface area contributed by atoms with Crippen LogP contribution in [0, 0.1) is 0 Å². The van der Waals surface area contributed by atoms with Crippen molar-refractivity contribution in [1.29, 1.82) is 0 Å². The molecule has 4 heterocycles. The Morgan fingerprint density at radius 3 is 1.27 bits per heavy atom. The van der Waals surface area contributed by atoms with Crippen LogP contribution in [0.15, 0.2) is 137 Å². The summed E-state index contributed by atoms with van der Waals surface area (Å²) in [6.07, 6.45) is 3.16. The minimum atomic E-state index is -0.189. The second kappa shape index (κ2) is 11.0. The highest BCUT2D eigenvalue weighted by Crippen LogP contribution is 2.35. The molecule has 0 bridgehead atoms. The molecule has 0 saturated carbocycles. The summed E-state index contributed by atoms with van der Waals surface area (Å²) in [7, 11) is 2.95. The first-order valence-electron chi connectivity index (χ1n) is 13.7. The number of fused-ring (bicyclic) bond motifs is 6. The maximum atomic E-state index is 12.7. The summed E-state index contributed by atoms with van der Waals surface area (Å²) in [5.41, 5.74) is 3.58. The standard InChI is InChI=1S/2C18H12O4/c2*1-20-18-15(19)13-7-8-14-12(9-10-21-14)17(13)22-16(18)11-5-3-2-4-6-11/h2*2-10H,1H3. The van der Waals surface area contributed by atoms with Gasteiger partial charge < -0.3 is 27.1 Å². The topological polar surface area (TPSA) is 105 Å². The van der Waals surface area contributed by atoms with Gasteiger partial charge in [-0.05, 0) is 36.4 Å². The van der Waals surface area contributed by atoms with E-state index < -0.39 is 0 Å². The number of furan rings is 2. The molecule has 8 nitrogen and oxygen atoms in total. The van der Waals surface area contributed by atoms with Gasteiger partial charge in [-0.1, -0.05) is 60.7 Å². The molecular weight excluding hydrogens is 560 g/mol. The minimum Gasteiger partial charge on any atom is -0.490 e. The Labute approximate surface area is 249 Å². The van der Waals surface area contributed by atoms with E-state index in [-0.39, 0.29) is 22.4 Å². The SMILES string of the molecule is COc1c(-c2ccccc2)oc2c(ccc3occc32)c1=O.COc1c(-c2ccccc2)oc2c(ccc3occc32)c1=O. The van der Waals surface area contributed by atoms with Gasteiger partial charge in [0.05, 0.1) is 48.3 Å². The van der Waals surface area contributed by atoms with Crippen LogP contribution in [0.25, 0.3) is 66.5 Å². The van der Waals surface area contributed by atoms with Crippen molar-refractivity contribution in [3.05, 3.63) is 130 Å². The molecule has 0 spiro atoms. The molecule has 0 saturated heterocycles. The Kier molecular flexibility index (Phi) is 6.71. The zero-order chi connectivity index (χ0) is 30.2. The Morgan fingerprint density at radius 1 is 0.477 bits per heavy atom. The van der Waals surface area contributed by atoms with E-state index in [1.807, 2.05) is 60.7 Å². The molecule has 0 aliphatic carbocycles. The van der Waals surface area contributed by atoms with Gasteiger partial charge in [-0.2, -0.15) is 0 Å². The summed E-state index contributed by atoms with van der Waals surface area (Å²) in [6.45, 7) is 0. The van der Waals surface area contributed by atoms with Crippen LogP contribution in [0.1, 0.15) is 0 Å². The quantitative estimate of drug-likeness (QED) is 0.203. The van der Waals surface area contributed by atoms with Crippen LogP contribution in [0.5, 0.6) is 11.5 Å². The molecule has 0 aliphatic rings. The van der Waals surface area contributed by atoms with E-state index in [2.05, 4.69) is 0 Å². The zero-order valence-corrected chi connectivity index (χ0v) is 23.7. The Morgan fingerprint density at radius 2 is 0.886 bits per heavy atom. The van der Waals surface area contributed by atoms with Crippen molar-refractivity contribution in [2.75, 3.05) is 14.2 Å². The third-order valence-electron chi connectivity index (χ3n) is 7.37. The van der Waals surface area contributed by atoms with Crippen molar-refractivity contribution in [2.45, 2.75) is 0 Å². The largest absolute Gasteiger partial charge is 0.490 e. The van der Waals surface area contributed by atoms with Crippen LogP contribution in [0.3, 0.4) is 0 Å². The molecular formula is C36H24O8. The zero-order valence-electron chi connectivity index (χ0n) is 23.7. The molecule has 216 valence electrons. The lowest BCUT2D eigenvalue weighted by Gasteiger charge is -2.09. The second-order valence-corrected chi connectivity index (χ2v) is 9.87. The van der Waals surface area contributed by atoms with Gasteiger partial charge in [0.1, 0.15) is 22.3 Å². The van der Waals surface area contributed by atoms with E-state index in [1.54, 1.807) is 48.9 Å². The lowest BCUT2D eigenvalue weighted by Crippen LogP contribution is -2.07. The molecule has 0 unspecified atom stereocenters. The average molecular weight is 585 g/mol. The highest BCUT2D eigenvalue weighted by molar-refractivity contribution is 6.03. The molecule has 44 heavy (non-hydrogen) atoms. The van der Waals surface area contributed by atoms with Crippen LogP contribution >= 0.6 is 0 Å². The summed E-state index contributed by atoms with van der Waals surface area (Å²) >= 11 is 0. The maximum absolute atomic E-state index is 12.7. The highest BCUT2D eigenvalue weighted by Gasteiger charge is 2.20. The van der Waals surface area contributed by atoms with Gasteiger partial charge in [0.25, 0.3) is 0 Å². The van der Waals surface area contributed by atoms with Gasteiger partial charge in [0, 0.05) is 11.1 Å². The first-order chi connectivity index (χ1) is 21.6. The fourth-order valence-electron chi connectivity index (χ4n) is 5.29. The van der Waals surface area contributed by atoms with E-state index in [0.717, 1.165) is 21.9 Å². The first kappa shape index (κ1) is 26.9. The van der Waals surface area contributed by atoms with Gasteiger partial charge in [-0.3, -0.25) is 9.59 Å². The van der Waals surface area contributed by atoms with Crippen LogP contribution in [0.4, 0.5) is 0 Å². The summed E-state index contributed by atoms with van der Waals surface area (Å²) < 4.78 is 33.4. The van der Waals surface area contributed by atoms with Crippen molar-refractivity contribution in [2.24, 2.45) is 0 Å². The van der Waals surface area contributed by atoms with Gasteiger partial charge >= 0.3 is 0 Å². The Bertz CT molecular complexity index is 2220. The fourth-order valence-corrected chi connectivity index (χ4v) is 5.29. The van der Waals surface area contributed by atoms with Crippen LogP contribution in [-0.4, -0.2) is 14.2 Å². The van der Waals surface area contributed by atoms with Crippen molar-refractivity contribution in [1.82, 2.24) is 0 Å². The molecule has 0 radical (unpaired) electrons. The molecule has 0 atom stereocenters. The summed E-state index contributed by atoms with van der Waals surface area (Å²) in [6, 6.07) is 29.4. The molecule has 0 N–H and O–H groups in total. The third kappa shape index (κ3) is 4.40. The number of ether oxygens (including phenoxy) is 2. The molecule has 4 aromatic carbocycles. The van der Waals surface area contributed by atoms with Crippen molar-refractivity contribution >= 4 is 43.9 Å². The summed E-state index contributed by atoms with van der Waals surface area (Å²) in [4.78, 5) is 25.4. The molecule has 8 rings (SSSR count). The van der Waals surface area contributed by atoms with E-state index in [1.165, 1.54) is 14.2 Å². The monoisotopic (exact) mass is 584 g/mol. The Hall–Kier alpha value is -6.02. The predicted molar refractivity (Wildman–Crippen MR) is 168 cm³/mol. The third-order valence-corrected chi connectivity index (χ3v) is 7.37. The maximum Gasteiger partial charge on any atom is 0.235 e. The number of benzene rings is 4. The van der Waals surface area contributed by atoms with Crippen LogP contribution in [-0.2, 0) is 0 Å². The van der Waals surface area contributed by atoms with E-state index >= 15 is 0 Å². The number of methoxy groups -OCH3 is 2. The van der Waals surface area contributed by atoms with E-state index in [0.29, 0.717) is 44.6 Å². The van der Waals surface area contributed by atoms with E-state index in [4.69, 9.17) is 27.1 Å². The van der Waals surface area contributed by atoms with Gasteiger partial charge in [0.15, 0.2) is 11.5 Å².